The van der Waals surface area contributed by atoms with E-state index in [0.717, 1.165) is 42.5 Å². The minimum Gasteiger partial charge on any atom is -0.466 e. The molecule has 0 saturated carbocycles. The van der Waals surface area contributed by atoms with Crippen molar-refractivity contribution in [3.63, 3.8) is 0 Å². The quantitative estimate of drug-likeness (QED) is 0.354. The number of fused-ring (bicyclic) bond motifs is 1. The number of anilines is 1. The molecule has 0 bridgehead atoms. The van der Waals surface area contributed by atoms with Gasteiger partial charge in [0.1, 0.15) is 6.17 Å². The van der Waals surface area contributed by atoms with Crippen LogP contribution in [0.25, 0.3) is 0 Å². The van der Waals surface area contributed by atoms with Gasteiger partial charge in [0.15, 0.2) is 0 Å². The van der Waals surface area contributed by atoms with Crippen molar-refractivity contribution in [2.75, 3.05) is 25.0 Å². The normalized spacial score (nSPS) is 19.2. The van der Waals surface area contributed by atoms with E-state index in [1.54, 1.807) is 11.8 Å². The van der Waals surface area contributed by atoms with Crippen LogP contribution in [0, 0.1) is 5.92 Å². The molecule has 0 aliphatic carbocycles. The van der Waals surface area contributed by atoms with Crippen LogP contribution < -0.4 is 5.32 Å². The molecule has 1 fully saturated rings. The van der Waals surface area contributed by atoms with Crippen molar-refractivity contribution in [2.24, 2.45) is 5.92 Å². The van der Waals surface area contributed by atoms with Crippen molar-refractivity contribution in [1.82, 2.24) is 9.80 Å². The lowest BCUT2D eigenvalue weighted by Gasteiger charge is -2.33. The average Bonchev–Trinajstić information content (AvgIpc) is 3.27. The number of hydrogen-bond donors (Lipinski definition) is 1. The topological polar surface area (TPSA) is 79.0 Å². The molecule has 0 spiro atoms. The van der Waals surface area contributed by atoms with Crippen molar-refractivity contribution < 1.29 is 19.1 Å². The zero-order chi connectivity index (χ0) is 28.1. The largest absolute Gasteiger partial charge is 0.466 e. The molecule has 3 aromatic carbocycles. The Labute approximate surface area is 236 Å². The van der Waals surface area contributed by atoms with Gasteiger partial charge in [-0.2, -0.15) is 0 Å². The van der Waals surface area contributed by atoms with Crippen molar-refractivity contribution >= 4 is 23.5 Å². The fourth-order valence-electron chi connectivity index (χ4n) is 5.76. The minimum absolute atomic E-state index is 0.0184. The molecular weight excluding hydrogens is 502 g/mol. The fraction of sp³-hybridized carbons (Fsp3) is 0.364. The van der Waals surface area contributed by atoms with Gasteiger partial charge in [-0.25, -0.2) is 0 Å². The maximum absolute atomic E-state index is 13.5. The molecule has 3 aromatic rings. The van der Waals surface area contributed by atoms with Crippen molar-refractivity contribution in [3.05, 3.63) is 101 Å². The Kier molecular flexibility index (Phi) is 8.48. The number of aryl methyl sites for hydroxylation is 1. The summed E-state index contributed by atoms with van der Waals surface area (Å²) in [5.74, 6) is -0.554. The first-order valence-corrected chi connectivity index (χ1v) is 14.2. The van der Waals surface area contributed by atoms with Gasteiger partial charge in [-0.15, -0.1) is 0 Å². The first kappa shape index (κ1) is 27.4. The number of nitrogens with zero attached hydrogens (tertiary/aromatic N) is 2. The Bertz CT molecular complexity index is 1340. The van der Waals surface area contributed by atoms with Crippen LogP contribution in [-0.2, 0) is 16.0 Å². The number of rotatable bonds is 9. The summed E-state index contributed by atoms with van der Waals surface area (Å²) in [4.78, 5) is 42.6. The summed E-state index contributed by atoms with van der Waals surface area (Å²) in [6, 6.07) is 25.5. The van der Waals surface area contributed by atoms with Crippen LogP contribution in [0.1, 0.15) is 71.1 Å². The van der Waals surface area contributed by atoms with Gasteiger partial charge in [-0.3, -0.25) is 14.4 Å². The number of amides is 2. The molecule has 1 N–H and O–H groups in total. The van der Waals surface area contributed by atoms with E-state index >= 15 is 0 Å². The van der Waals surface area contributed by atoms with Crippen LogP contribution in [-0.4, -0.2) is 53.3 Å². The van der Waals surface area contributed by atoms with Gasteiger partial charge in [0.2, 0.25) is 0 Å². The molecule has 208 valence electrons. The third kappa shape index (κ3) is 5.88. The average molecular weight is 540 g/mol. The van der Waals surface area contributed by atoms with Gasteiger partial charge >= 0.3 is 5.97 Å². The van der Waals surface area contributed by atoms with Gasteiger partial charge in [-0.05, 0) is 75.4 Å². The molecule has 1 saturated heterocycles. The lowest BCUT2D eigenvalue weighted by molar-refractivity contribution is -0.149. The highest BCUT2D eigenvalue weighted by molar-refractivity contribution is 6.00. The van der Waals surface area contributed by atoms with E-state index in [-0.39, 0.29) is 35.9 Å². The molecule has 0 radical (unpaired) electrons. The molecule has 5 rings (SSSR count). The molecule has 3 atom stereocenters. The van der Waals surface area contributed by atoms with Crippen LogP contribution in [0.5, 0.6) is 0 Å². The summed E-state index contributed by atoms with van der Waals surface area (Å²) in [7, 11) is 0. The molecule has 3 unspecified atom stereocenters. The smallest absolute Gasteiger partial charge is 0.310 e. The number of benzene rings is 3. The first-order valence-electron chi connectivity index (χ1n) is 14.2. The second kappa shape index (κ2) is 12.4. The summed E-state index contributed by atoms with van der Waals surface area (Å²) in [5, 5.41) is 3.56. The fourth-order valence-corrected chi connectivity index (χ4v) is 5.76. The number of ether oxygens (including phenoxy) is 1. The summed E-state index contributed by atoms with van der Waals surface area (Å²) in [5.41, 5.74) is 4.34. The van der Waals surface area contributed by atoms with Gasteiger partial charge in [-0.1, -0.05) is 48.5 Å². The highest BCUT2D eigenvalue weighted by atomic mass is 16.5. The van der Waals surface area contributed by atoms with E-state index in [2.05, 4.69) is 24.4 Å². The molecule has 0 aromatic heterocycles. The van der Waals surface area contributed by atoms with Crippen LogP contribution in [0.4, 0.5) is 5.69 Å². The molecule has 40 heavy (non-hydrogen) atoms. The highest BCUT2D eigenvalue weighted by Crippen LogP contribution is 2.37. The summed E-state index contributed by atoms with van der Waals surface area (Å²) >= 11 is 0. The first-order chi connectivity index (χ1) is 19.5. The Hall–Kier alpha value is -4.13. The van der Waals surface area contributed by atoms with Crippen molar-refractivity contribution in [3.8, 4) is 0 Å². The van der Waals surface area contributed by atoms with Crippen LogP contribution in [0.2, 0.25) is 0 Å². The monoisotopic (exact) mass is 539 g/mol. The number of esters is 1. The molecule has 7 heteroatoms. The van der Waals surface area contributed by atoms with E-state index < -0.39 is 0 Å². The second-order valence-electron chi connectivity index (χ2n) is 10.6. The van der Waals surface area contributed by atoms with E-state index in [1.165, 1.54) is 5.56 Å². The SMILES string of the molecule is CCOC(=O)C1CCCN(C(=O)c2ccc(NC3c4ccccc4C(=O)N3C(C)CCc3ccccc3)cc2)C1. The van der Waals surface area contributed by atoms with Crippen LogP contribution in [0.15, 0.2) is 78.9 Å². The maximum Gasteiger partial charge on any atom is 0.310 e. The summed E-state index contributed by atoms with van der Waals surface area (Å²) in [6.45, 7) is 5.26. The summed E-state index contributed by atoms with van der Waals surface area (Å²) in [6.07, 6.45) is 2.95. The third-order valence-corrected chi connectivity index (χ3v) is 7.93. The second-order valence-corrected chi connectivity index (χ2v) is 10.6. The number of nitrogens with one attached hydrogen (secondary N) is 1. The predicted molar refractivity (Wildman–Crippen MR) is 155 cm³/mol. The Morgan fingerprint density at radius 3 is 2.48 bits per heavy atom. The van der Waals surface area contributed by atoms with Gasteiger partial charge in [0.25, 0.3) is 11.8 Å². The van der Waals surface area contributed by atoms with Gasteiger partial charge in [0, 0.05) is 41.5 Å². The van der Waals surface area contributed by atoms with Crippen LogP contribution >= 0.6 is 0 Å². The number of carbonyl (C=O) groups excluding carboxylic acids is 3. The molecule has 2 amide bonds. The molecule has 2 aliphatic heterocycles. The molecule has 2 heterocycles. The highest BCUT2D eigenvalue weighted by Gasteiger charge is 2.39. The minimum atomic E-state index is -0.302. The van der Waals surface area contributed by atoms with Gasteiger partial charge in [0.05, 0.1) is 12.5 Å². The van der Waals surface area contributed by atoms with E-state index in [1.807, 2.05) is 71.6 Å². The van der Waals surface area contributed by atoms with E-state index in [4.69, 9.17) is 4.74 Å². The predicted octanol–water partition coefficient (Wildman–Crippen LogP) is 5.69. The Morgan fingerprint density at radius 2 is 1.73 bits per heavy atom. The van der Waals surface area contributed by atoms with E-state index in [9.17, 15) is 14.4 Å². The Balaban J connectivity index is 1.29. The lowest BCUT2D eigenvalue weighted by atomic mass is 9.97. The zero-order valence-corrected chi connectivity index (χ0v) is 23.2. The number of carbonyl (C=O) groups is 3. The third-order valence-electron chi connectivity index (χ3n) is 7.93. The number of hydrogen-bond acceptors (Lipinski definition) is 5. The van der Waals surface area contributed by atoms with Crippen molar-refractivity contribution in [2.45, 2.75) is 51.7 Å². The number of piperidine rings is 1. The Morgan fingerprint density at radius 1 is 1.00 bits per heavy atom. The lowest BCUT2D eigenvalue weighted by Crippen LogP contribution is -2.42. The molecule has 2 aliphatic rings. The van der Waals surface area contributed by atoms with Crippen LogP contribution in [0.3, 0.4) is 0 Å². The zero-order valence-electron chi connectivity index (χ0n) is 23.2. The molecular formula is C33H37N3O4. The standard InChI is InChI=1S/C33H37N3O4/c1-3-40-33(39)26-12-9-21-35(22-26)31(37)25-17-19-27(20-18-25)34-30-28-13-7-8-14-29(28)32(38)36(30)23(2)15-16-24-10-5-4-6-11-24/h4-8,10-11,13-14,17-20,23,26,30,34H,3,9,12,15-16,21-22H2,1-2H3. The van der Waals surface area contributed by atoms with E-state index in [0.29, 0.717) is 25.3 Å². The summed E-state index contributed by atoms with van der Waals surface area (Å²) < 4.78 is 5.18. The van der Waals surface area contributed by atoms with Gasteiger partial charge < -0.3 is 19.9 Å². The van der Waals surface area contributed by atoms with Crippen molar-refractivity contribution in [1.29, 1.82) is 0 Å². The molecule has 7 nitrogen and oxygen atoms in total. The maximum atomic E-state index is 13.5. The number of likely N-dealkylation sites (tertiary alicyclic amines) is 1.